The molecule has 0 aliphatic carbocycles. The van der Waals surface area contributed by atoms with Crippen LogP contribution in [0, 0.1) is 0 Å². The lowest BCUT2D eigenvalue weighted by Gasteiger charge is -2.22. The molecule has 0 saturated carbocycles. The van der Waals surface area contributed by atoms with E-state index in [0.717, 1.165) is 11.0 Å². The fourth-order valence-corrected chi connectivity index (χ4v) is 1.46. The number of aromatic nitrogens is 2. The van der Waals surface area contributed by atoms with E-state index in [1.807, 2.05) is 0 Å². The molecule has 1 aromatic rings. The fraction of sp³-hybridized carbons (Fsp3) is 0.556. The summed E-state index contributed by atoms with van der Waals surface area (Å²) >= 11 is 5.41. The van der Waals surface area contributed by atoms with Crippen molar-refractivity contribution in [3.8, 4) is 0 Å². The van der Waals surface area contributed by atoms with Crippen LogP contribution in [0.3, 0.4) is 0 Å². The van der Waals surface area contributed by atoms with Gasteiger partial charge in [-0.15, -0.1) is 0 Å². The second-order valence-corrected chi connectivity index (χ2v) is 3.82. The first-order valence-electron chi connectivity index (χ1n) is 4.99. The van der Waals surface area contributed by atoms with Gasteiger partial charge in [-0.05, 0) is 0 Å². The van der Waals surface area contributed by atoms with Crippen LogP contribution in [0.1, 0.15) is 5.82 Å². The van der Waals surface area contributed by atoms with Gasteiger partial charge in [-0.3, -0.25) is 0 Å². The summed E-state index contributed by atoms with van der Waals surface area (Å²) in [6, 6.07) is 0.925. The van der Waals surface area contributed by atoms with Gasteiger partial charge in [0.05, 0.1) is 13.2 Å². The van der Waals surface area contributed by atoms with Crippen LogP contribution in [-0.2, 0) is 6.18 Å². The zero-order chi connectivity index (χ0) is 14.6. The molecule has 0 unspecified atom stereocenters. The van der Waals surface area contributed by atoms with Crippen molar-refractivity contribution in [2.24, 2.45) is 0 Å². The Morgan fingerprint density at radius 3 is 2.42 bits per heavy atom. The van der Waals surface area contributed by atoms with E-state index in [2.05, 4.69) is 9.97 Å². The van der Waals surface area contributed by atoms with Gasteiger partial charge in [0.1, 0.15) is 11.0 Å². The van der Waals surface area contributed by atoms with E-state index in [1.54, 1.807) is 0 Å². The van der Waals surface area contributed by atoms with E-state index in [-0.39, 0.29) is 6.54 Å². The number of aliphatic hydroxyl groups is 1. The number of alkyl halides is 5. The van der Waals surface area contributed by atoms with Crippen molar-refractivity contribution in [3.63, 3.8) is 0 Å². The number of hydrogen-bond acceptors (Lipinski definition) is 4. The minimum atomic E-state index is -4.84. The normalized spacial score (nSPS) is 12.0. The molecule has 10 heteroatoms. The average Bonchev–Trinajstić information content (AvgIpc) is 2.26. The molecule has 0 bridgehead atoms. The molecule has 0 aromatic carbocycles. The Labute approximate surface area is 109 Å². The maximum Gasteiger partial charge on any atom is 0.451 e. The van der Waals surface area contributed by atoms with Gasteiger partial charge in [0, 0.05) is 12.6 Å². The molecule has 108 valence electrons. The third kappa shape index (κ3) is 4.75. The molecule has 0 atom stereocenters. The average molecular weight is 306 g/mol. The zero-order valence-electron chi connectivity index (χ0n) is 9.33. The highest BCUT2D eigenvalue weighted by Gasteiger charge is 2.35. The van der Waals surface area contributed by atoms with E-state index >= 15 is 0 Å². The zero-order valence-corrected chi connectivity index (χ0v) is 10.1. The smallest absolute Gasteiger partial charge is 0.395 e. The predicted octanol–water partition coefficient (Wildman–Crippen LogP) is 2.21. The molecule has 0 radical (unpaired) electrons. The molecule has 0 amide bonds. The molecule has 0 saturated heterocycles. The summed E-state index contributed by atoms with van der Waals surface area (Å²) in [6.45, 7) is -1.68. The standard InChI is InChI=1S/C9H9ClF5N3O/c10-5-3-7(17-8(16-5)9(13,14)15)18(1-2-19)4-6(11)12/h3,6,19H,1-2,4H2. The third-order valence-corrected chi connectivity index (χ3v) is 2.18. The molecule has 0 aliphatic heterocycles. The van der Waals surface area contributed by atoms with Crippen LogP contribution in [0.2, 0.25) is 5.15 Å². The number of aliphatic hydroxyl groups excluding tert-OH is 1. The van der Waals surface area contributed by atoms with E-state index in [1.165, 1.54) is 0 Å². The minimum absolute atomic E-state index is 0.297. The molecule has 1 rings (SSSR count). The summed E-state index contributed by atoms with van der Waals surface area (Å²) in [7, 11) is 0. The van der Waals surface area contributed by atoms with Crippen LogP contribution in [0.25, 0.3) is 0 Å². The largest absolute Gasteiger partial charge is 0.451 e. The second-order valence-electron chi connectivity index (χ2n) is 3.43. The summed E-state index contributed by atoms with van der Waals surface area (Å²) in [5.74, 6) is -1.94. The fourth-order valence-electron chi connectivity index (χ4n) is 1.28. The van der Waals surface area contributed by atoms with Gasteiger partial charge in [0.25, 0.3) is 6.43 Å². The lowest BCUT2D eigenvalue weighted by molar-refractivity contribution is -0.144. The van der Waals surface area contributed by atoms with Crippen molar-refractivity contribution in [1.29, 1.82) is 0 Å². The third-order valence-electron chi connectivity index (χ3n) is 1.99. The summed E-state index contributed by atoms with van der Waals surface area (Å²) in [4.78, 5) is 6.92. The summed E-state index contributed by atoms with van der Waals surface area (Å²) in [5, 5.41) is 8.21. The Hall–Kier alpha value is -1.22. The van der Waals surface area contributed by atoms with E-state index in [0.29, 0.717) is 0 Å². The van der Waals surface area contributed by atoms with Gasteiger partial charge in [0.15, 0.2) is 0 Å². The SMILES string of the molecule is OCCN(CC(F)F)c1cc(Cl)nc(C(F)(F)F)n1. The van der Waals surface area contributed by atoms with Crippen LogP contribution in [0.5, 0.6) is 0 Å². The molecular weight excluding hydrogens is 297 g/mol. The molecule has 0 fully saturated rings. The maximum absolute atomic E-state index is 12.5. The monoisotopic (exact) mass is 305 g/mol. The van der Waals surface area contributed by atoms with Crippen LogP contribution in [0.15, 0.2) is 6.07 Å². The first-order valence-corrected chi connectivity index (χ1v) is 5.37. The van der Waals surface area contributed by atoms with Gasteiger partial charge in [-0.1, -0.05) is 11.6 Å². The van der Waals surface area contributed by atoms with Gasteiger partial charge in [-0.25, -0.2) is 18.7 Å². The highest BCUT2D eigenvalue weighted by Crippen LogP contribution is 2.29. The molecule has 0 aliphatic rings. The minimum Gasteiger partial charge on any atom is -0.395 e. The van der Waals surface area contributed by atoms with Crippen molar-refractivity contribution in [2.45, 2.75) is 12.6 Å². The number of halogens is 6. The van der Waals surface area contributed by atoms with E-state index in [4.69, 9.17) is 16.7 Å². The Bertz CT molecular complexity index is 429. The second kappa shape index (κ2) is 6.29. The number of nitrogens with zero attached hydrogens (tertiary/aromatic N) is 3. The molecule has 19 heavy (non-hydrogen) atoms. The summed E-state index contributed by atoms with van der Waals surface area (Å²) in [5.41, 5.74) is 0. The van der Waals surface area contributed by atoms with Crippen molar-refractivity contribution < 1.29 is 27.1 Å². The predicted molar refractivity (Wildman–Crippen MR) is 57.3 cm³/mol. The van der Waals surface area contributed by atoms with Crippen LogP contribution < -0.4 is 4.90 Å². The van der Waals surface area contributed by atoms with Crippen molar-refractivity contribution >= 4 is 17.4 Å². The van der Waals surface area contributed by atoms with Gasteiger partial charge in [0.2, 0.25) is 5.82 Å². The van der Waals surface area contributed by atoms with E-state index < -0.39 is 42.5 Å². The molecular formula is C9H9ClF5N3O. The molecule has 1 N–H and O–H groups in total. The van der Waals surface area contributed by atoms with Gasteiger partial charge < -0.3 is 10.0 Å². The Balaban J connectivity index is 3.12. The molecule has 4 nitrogen and oxygen atoms in total. The number of anilines is 1. The first-order chi connectivity index (χ1) is 8.74. The molecule has 1 heterocycles. The highest BCUT2D eigenvalue weighted by molar-refractivity contribution is 6.29. The van der Waals surface area contributed by atoms with Crippen molar-refractivity contribution in [1.82, 2.24) is 9.97 Å². The van der Waals surface area contributed by atoms with Crippen LogP contribution >= 0.6 is 11.6 Å². The van der Waals surface area contributed by atoms with Gasteiger partial charge >= 0.3 is 6.18 Å². The van der Waals surface area contributed by atoms with Gasteiger partial charge in [-0.2, -0.15) is 13.2 Å². The maximum atomic E-state index is 12.5. The van der Waals surface area contributed by atoms with Crippen molar-refractivity contribution in [2.75, 3.05) is 24.6 Å². The Morgan fingerprint density at radius 2 is 1.95 bits per heavy atom. The highest BCUT2D eigenvalue weighted by atomic mass is 35.5. The number of rotatable bonds is 5. The Morgan fingerprint density at radius 1 is 1.32 bits per heavy atom. The lowest BCUT2D eigenvalue weighted by Crippen LogP contribution is -2.33. The van der Waals surface area contributed by atoms with Crippen LogP contribution in [-0.4, -0.2) is 41.2 Å². The quantitative estimate of drug-likeness (QED) is 0.669. The first kappa shape index (κ1) is 15.8. The molecule has 1 aromatic heterocycles. The Kier molecular flexibility index (Phi) is 5.24. The van der Waals surface area contributed by atoms with Crippen LogP contribution in [0.4, 0.5) is 27.8 Å². The lowest BCUT2D eigenvalue weighted by atomic mass is 10.4. The topological polar surface area (TPSA) is 49.2 Å². The summed E-state index contributed by atoms with van der Waals surface area (Å²) < 4.78 is 62.0. The summed E-state index contributed by atoms with van der Waals surface area (Å²) in [6.07, 6.45) is -7.63. The van der Waals surface area contributed by atoms with Crippen molar-refractivity contribution in [3.05, 3.63) is 17.0 Å². The van der Waals surface area contributed by atoms with E-state index in [9.17, 15) is 22.0 Å². The molecule has 0 spiro atoms. The number of hydrogen-bond donors (Lipinski definition) is 1.